The lowest BCUT2D eigenvalue weighted by Gasteiger charge is -2.31. The van der Waals surface area contributed by atoms with Crippen molar-refractivity contribution in [1.82, 2.24) is 20.2 Å². The van der Waals surface area contributed by atoms with Gasteiger partial charge in [0.05, 0.1) is 5.69 Å². The minimum atomic E-state index is -0.250. The second-order valence-electron chi connectivity index (χ2n) is 8.14. The average Bonchev–Trinajstić information content (AvgIpc) is 3.20. The van der Waals surface area contributed by atoms with Crippen LogP contribution in [0.5, 0.6) is 0 Å². The van der Waals surface area contributed by atoms with Gasteiger partial charge in [0, 0.05) is 24.8 Å². The molecular formula is C25H30N4O4. The zero-order valence-electron chi connectivity index (χ0n) is 19.0. The smallest absolute Gasteiger partial charge is 0.290 e. The standard InChI is InChI=1S/C24H28N4O2.CH2O2/c1-17-6-8-20(9-7-17)24-27-22(18(2)30-24)16-28-13-10-19(11-14-28)15-26-23(29)21-5-3-4-12-25-21;2-1-3/h3-9,12,19H,10-11,13-16H2,1-2H3,(H,26,29);1H,(H,2,3). The van der Waals surface area contributed by atoms with Crippen molar-refractivity contribution >= 4 is 12.4 Å². The van der Waals surface area contributed by atoms with Crippen molar-refractivity contribution in [2.75, 3.05) is 19.6 Å². The molecule has 4 rings (SSSR count). The van der Waals surface area contributed by atoms with Gasteiger partial charge in [-0.15, -0.1) is 0 Å². The number of likely N-dealkylation sites (tertiary alicyclic amines) is 1. The van der Waals surface area contributed by atoms with Gasteiger partial charge in [-0.2, -0.15) is 0 Å². The third kappa shape index (κ3) is 6.98. The van der Waals surface area contributed by atoms with Gasteiger partial charge in [-0.3, -0.25) is 19.5 Å². The summed E-state index contributed by atoms with van der Waals surface area (Å²) in [5, 5.41) is 9.91. The summed E-state index contributed by atoms with van der Waals surface area (Å²) in [6.07, 6.45) is 3.76. The fourth-order valence-electron chi connectivity index (χ4n) is 3.78. The summed E-state index contributed by atoms with van der Waals surface area (Å²) in [4.78, 5) is 31.8. The van der Waals surface area contributed by atoms with Crippen molar-refractivity contribution in [3.63, 3.8) is 0 Å². The summed E-state index contributed by atoms with van der Waals surface area (Å²) in [7, 11) is 0. The lowest BCUT2D eigenvalue weighted by molar-refractivity contribution is -0.122. The molecule has 174 valence electrons. The zero-order chi connectivity index (χ0) is 23.6. The largest absolute Gasteiger partial charge is 0.483 e. The molecule has 1 saturated heterocycles. The Labute approximate surface area is 193 Å². The molecule has 0 aliphatic carbocycles. The number of nitrogens with zero attached hydrogens (tertiary/aromatic N) is 3. The monoisotopic (exact) mass is 450 g/mol. The molecule has 3 heterocycles. The summed E-state index contributed by atoms with van der Waals surface area (Å²) >= 11 is 0. The number of rotatable bonds is 6. The maximum Gasteiger partial charge on any atom is 0.290 e. The lowest BCUT2D eigenvalue weighted by atomic mass is 9.96. The lowest BCUT2D eigenvalue weighted by Crippen LogP contribution is -2.38. The van der Waals surface area contributed by atoms with Crippen LogP contribution in [0.2, 0.25) is 0 Å². The Hall–Kier alpha value is -3.52. The second kappa shape index (κ2) is 11.9. The van der Waals surface area contributed by atoms with Gasteiger partial charge in [-0.1, -0.05) is 23.8 Å². The van der Waals surface area contributed by atoms with Crippen LogP contribution >= 0.6 is 0 Å². The molecule has 0 atom stereocenters. The van der Waals surface area contributed by atoms with Gasteiger partial charge in [0.2, 0.25) is 5.89 Å². The maximum absolute atomic E-state index is 12.2. The van der Waals surface area contributed by atoms with Crippen molar-refractivity contribution in [3.8, 4) is 11.5 Å². The molecule has 3 aromatic rings. The Bertz CT molecular complexity index is 1030. The number of oxazole rings is 1. The number of pyridine rings is 1. The van der Waals surface area contributed by atoms with Gasteiger partial charge in [-0.05, 0) is 70.0 Å². The highest BCUT2D eigenvalue weighted by atomic mass is 16.4. The predicted molar refractivity (Wildman–Crippen MR) is 125 cm³/mol. The van der Waals surface area contributed by atoms with E-state index in [4.69, 9.17) is 19.3 Å². The number of piperidine rings is 1. The molecule has 2 N–H and O–H groups in total. The number of hydrogen-bond donors (Lipinski definition) is 2. The number of aryl methyl sites for hydroxylation is 2. The summed E-state index contributed by atoms with van der Waals surface area (Å²) in [6.45, 7) is 7.30. The minimum Gasteiger partial charge on any atom is -0.483 e. The first-order chi connectivity index (χ1) is 16.0. The van der Waals surface area contributed by atoms with Crippen LogP contribution < -0.4 is 5.32 Å². The normalized spacial score (nSPS) is 14.2. The van der Waals surface area contributed by atoms with Gasteiger partial charge in [0.15, 0.2) is 0 Å². The van der Waals surface area contributed by atoms with E-state index in [2.05, 4.69) is 46.4 Å². The molecule has 33 heavy (non-hydrogen) atoms. The molecule has 1 aliphatic rings. The van der Waals surface area contributed by atoms with E-state index in [1.165, 1.54) is 5.56 Å². The Balaban J connectivity index is 0.000000968. The highest BCUT2D eigenvalue weighted by molar-refractivity contribution is 5.92. The van der Waals surface area contributed by atoms with E-state index >= 15 is 0 Å². The van der Waals surface area contributed by atoms with Crippen LogP contribution in [-0.2, 0) is 11.3 Å². The summed E-state index contributed by atoms with van der Waals surface area (Å²) in [5.41, 5.74) is 3.71. The van der Waals surface area contributed by atoms with Crippen molar-refractivity contribution in [3.05, 3.63) is 71.4 Å². The van der Waals surface area contributed by atoms with Crippen LogP contribution in [0.3, 0.4) is 0 Å². The number of hydrogen-bond acceptors (Lipinski definition) is 6. The summed E-state index contributed by atoms with van der Waals surface area (Å²) < 4.78 is 5.92. The molecule has 0 unspecified atom stereocenters. The Kier molecular flexibility index (Phi) is 8.71. The molecular weight excluding hydrogens is 420 g/mol. The molecule has 0 bridgehead atoms. The molecule has 1 amide bonds. The molecule has 0 saturated carbocycles. The molecule has 1 aromatic carbocycles. The van der Waals surface area contributed by atoms with Gasteiger partial charge in [0.1, 0.15) is 11.5 Å². The molecule has 2 aromatic heterocycles. The quantitative estimate of drug-likeness (QED) is 0.551. The highest BCUT2D eigenvalue weighted by Gasteiger charge is 2.22. The second-order valence-corrected chi connectivity index (χ2v) is 8.14. The van der Waals surface area contributed by atoms with E-state index in [1.54, 1.807) is 12.3 Å². The van der Waals surface area contributed by atoms with Gasteiger partial charge >= 0.3 is 0 Å². The van der Waals surface area contributed by atoms with Gasteiger partial charge in [0.25, 0.3) is 12.4 Å². The SMILES string of the molecule is Cc1ccc(-c2nc(CN3CCC(CNC(=O)c4ccccn4)CC3)c(C)o2)cc1.O=CO. The molecule has 0 radical (unpaired) electrons. The third-order valence-electron chi connectivity index (χ3n) is 5.72. The fraction of sp³-hybridized carbons (Fsp3) is 0.360. The van der Waals surface area contributed by atoms with E-state index in [1.807, 2.05) is 19.1 Å². The van der Waals surface area contributed by atoms with E-state index in [-0.39, 0.29) is 12.4 Å². The minimum absolute atomic E-state index is 0.0973. The van der Waals surface area contributed by atoms with E-state index in [0.717, 1.165) is 49.5 Å². The third-order valence-corrected chi connectivity index (χ3v) is 5.72. The number of nitrogens with one attached hydrogen (secondary N) is 1. The number of carbonyl (C=O) groups is 2. The topological polar surface area (TPSA) is 109 Å². The highest BCUT2D eigenvalue weighted by Crippen LogP contribution is 2.24. The van der Waals surface area contributed by atoms with Crippen LogP contribution in [0.1, 0.15) is 40.3 Å². The van der Waals surface area contributed by atoms with Crippen molar-refractivity contribution < 1.29 is 19.1 Å². The number of carbonyl (C=O) groups excluding carboxylic acids is 1. The number of aromatic nitrogens is 2. The molecule has 0 spiro atoms. The molecule has 1 fully saturated rings. The summed E-state index contributed by atoms with van der Waals surface area (Å²) in [5.74, 6) is 1.97. The number of benzene rings is 1. The Morgan fingerprint density at radius 2 is 1.88 bits per heavy atom. The van der Waals surface area contributed by atoms with Crippen LogP contribution in [-0.4, -0.2) is 52.0 Å². The first-order valence-corrected chi connectivity index (χ1v) is 11.0. The van der Waals surface area contributed by atoms with Crippen LogP contribution in [0.25, 0.3) is 11.5 Å². The molecule has 1 aliphatic heterocycles. The van der Waals surface area contributed by atoms with Crippen molar-refractivity contribution in [2.45, 2.75) is 33.2 Å². The first kappa shape index (κ1) is 24.1. The predicted octanol–water partition coefficient (Wildman–Crippen LogP) is 3.70. The van der Waals surface area contributed by atoms with Crippen molar-refractivity contribution in [2.24, 2.45) is 5.92 Å². The zero-order valence-corrected chi connectivity index (χ0v) is 19.0. The van der Waals surface area contributed by atoms with Crippen LogP contribution in [0.4, 0.5) is 0 Å². The average molecular weight is 451 g/mol. The summed E-state index contributed by atoms with van der Waals surface area (Å²) in [6, 6.07) is 13.6. The Morgan fingerprint density at radius 1 is 1.18 bits per heavy atom. The van der Waals surface area contributed by atoms with Crippen LogP contribution in [0.15, 0.2) is 53.1 Å². The number of amides is 1. The van der Waals surface area contributed by atoms with Gasteiger partial charge in [-0.25, -0.2) is 4.98 Å². The van der Waals surface area contributed by atoms with E-state index in [0.29, 0.717) is 24.0 Å². The first-order valence-electron chi connectivity index (χ1n) is 11.0. The van der Waals surface area contributed by atoms with Crippen molar-refractivity contribution in [1.29, 1.82) is 0 Å². The fourth-order valence-corrected chi connectivity index (χ4v) is 3.78. The van der Waals surface area contributed by atoms with Gasteiger partial charge < -0.3 is 14.8 Å². The molecule has 8 nitrogen and oxygen atoms in total. The number of carboxylic acid groups (broad SMARTS) is 1. The maximum atomic E-state index is 12.2. The molecule has 8 heteroatoms. The Morgan fingerprint density at radius 3 is 2.52 bits per heavy atom. The van der Waals surface area contributed by atoms with E-state index in [9.17, 15) is 4.79 Å². The van der Waals surface area contributed by atoms with Crippen LogP contribution in [0, 0.1) is 19.8 Å². The van der Waals surface area contributed by atoms with E-state index < -0.39 is 0 Å².